The molecule has 1 unspecified atom stereocenters. The minimum atomic E-state index is -1.07. The normalized spacial score (nSPS) is 13.2. The standard InChI is InChI=1S/C7H11N3O3/c1-10(13)6(7(11)12)2-5-3-8-4-9-5/h3-4,6,13H,2H2,1H3,(H,8,9)(H,11,12). The van der Waals surface area contributed by atoms with E-state index in [2.05, 4.69) is 9.97 Å². The van der Waals surface area contributed by atoms with Gasteiger partial charge in [-0.3, -0.25) is 4.79 Å². The zero-order valence-electron chi connectivity index (χ0n) is 7.14. The summed E-state index contributed by atoms with van der Waals surface area (Å²) in [5.74, 6) is -1.07. The molecule has 3 N–H and O–H groups in total. The van der Waals surface area contributed by atoms with E-state index in [1.165, 1.54) is 19.6 Å². The maximum Gasteiger partial charge on any atom is 0.323 e. The van der Waals surface area contributed by atoms with E-state index in [1.54, 1.807) is 0 Å². The number of nitrogens with zero attached hydrogens (tertiary/aromatic N) is 2. The number of aliphatic carboxylic acids is 1. The maximum absolute atomic E-state index is 10.6. The molecule has 0 amide bonds. The minimum absolute atomic E-state index is 0.197. The average molecular weight is 185 g/mol. The van der Waals surface area contributed by atoms with Crippen LogP contribution in [0.5, 0.6) is 0 Å². The Kier molecular flexibility index (Phi) is 2.99. The van der Waals surface area contributed by atoms with Crippen molar-refractivity contribution in [3.05, 3.63) is 18.2 Å². The van der Waals surface area contributed by atoms with Crippen molar-refractivity contribution >= 4 is 5.97 Å². The first-order valence-corrected chi connectivity index (χ1v) is 3.73. The van der Waals surface area contributed by atoms with Gasteiger partial charge in [0.05, 0.1) is 6.33 Å². The molecule has 72 valence electrons. The van der Waals surface area contributed by atoms with Crippen molar-refractivity contribution in [2.45, 2.75) is 12.5 Å². The van der Waals surface area contributed by atoms with Crippen LogP contribution in [0.25, 0.3) is 0 Å². The number of carboxylic acids is 1. The van der Waals surface area contributed by atoms with Gasteiger partial charge in [0.15, 0.2) is 0 Å². The van der Waals surface area contributed by atoms with Crippen molar-refractivity contribution in [2.24, 2.45) is 0 Å². The maximum atomic E-state index is 10.6. The number of hydroxylamine groups is 2. The van der Waals surface area contributed by atoms with Crippen LogP contribution in [0, 0.1) is 0 Å². The summed E-state index contributed by atoms with van der Waals surface area (Å²) in [5.41, 5.74) is 0.674. The predicted octanol–water partition coefficient (Wildman–Crippen LogP) is -0.274. The molecule has 1 rings (SSSR count). The number of nitrogens with one attached hydrogen (secondary N) is 1. The molecule has 0 saturated heterocycles. The van der Waals surface area contributed by atoms with E-state index in [4.69, 9.17) is 10.3 Å². The lowest BCUT2D eigenvalue weighted by atomic mass is 10.2. The third-order valence-electron chi connectivity index (χ3n) is 1.70. The molecular weight excluding hydrogens is 174 g/mol. The van der Waals surface area contributed by atoms with Gasteiger partial charge in [0.2, 0.25) is 0 Å². The molecule has 1 aromatic heterocycles. The van der Waals surface area contributed by atoms with Crippen LogP contribution >= 0.6 is 0 Å². The van der Waals surface area contributed by atoms with E-state index < -0.39 is 12.0 Å². The largest absolute Gasteiger partial charge is 0.480 e. The smallest absolute Gasteiger partial charge is 0.323 e. The second kappa shape index (κ2) is 4.01. The number of hydrogen-bond donors (Lipinski definition) is 3. The molecule has 6 heteroatoms. The van der Waals surface area contributed by atoms with E-state index in [1.807, 2.05) is 0 Å². The fraction of sp³-hybridized carbons (Fsp3) is 0.429. The topological polar surface area (TPSA) is 89.5 Å². The summed E-state index contributed by atoms with van der Waals surface area (Å²) in [6, 6.07) is -0.944. The fourth-order valence-electron chi connectivity index (χ4n) is 0.984. The molecule has 0 radical (unpaired) electrons. The van der Waals surface area contributed by atoms with Gasteiger partial charge in [-0.2, -0.15) is 5.06 Å². The summed E-state index contributed by atoms with van der Waals surface area (Å²) in [4.78, 5) is 17.1. The number of aromatic nitrogens is 2. The molecule has 1 heterocycles. The highest BCUT2D eigenvalue weighted by Gasteiger charge is 2.22. The Bertz CT molecular complexity index is 271. The molecule has 0 aliphatic rings. The first-order chi connectivity index (χ1) is 6.11. The highest BCUT2D eigenvalue weighted by molar-refractivity contribution is 5.73. The van der Waals surface area contributed by atoms with Crippen molar-refractivity contribution in [3.63, 3.8) is 0 Å². The molecule has 1 atom stereocenters. The fourth-order valence-corrected chi connectivity index (χ4v) is 0.984. The Morgan fingerprint density at radius 2 is 2.54 bits per heavy atom. The van der Waals surface area contributed by atoms with Crippen molar-refractivity contribution in [1.29, 1.82) is 0 Å². The molecule has 0 aromatic carbocycles. The van der Waals surface area contributed by atoms with Crippen molar-refractivity contribution in [3.8, 4) is 0 Å². The summed E-state index contributed by atoms with van der Waals surface area (Å²) in [5, 5.41) is 18.4. The number of aromatic amines is 1. The van der Waals surface area contributed by atoms with E-state index in [9.17, 15) is 4.79 Å². The van der Waals surface area contributed by atoms with Crippen LogP contribution in [0.4, 0.5) is 0 Å². The molecule has 1 aromatic rings. The molecule has 0 aliphatic carbocycles. The Balaban J connectivity index is 2.63. The lowest BCUT2D eigenvalue weighted by Crippen LogP contribution is -2.37. The monoisotopic (exact) mass is 185 g/mol. The van der Waals surface area contributed by atoms with Crippen molar-refractivity contribution in [1.82, 2.24) is 15.0 Å². The number of H-pyrrole nitrogens is 1. The molecule has 6 nitrogen and oxygen atoms in total. The molecule has 0 fully saturated rings. The Morgan fingerprint density at radius 3 is 2.92 bits per heavy atom. The molecule has 13 heavy (non-hydrogen) atoms. The number of carbonyl (C=O) groups is 1. The zero-order valence-corrected chi connectivity index (χ0v) is 7.14. The zero-order chi connectivity index (χ0) is 9.84. The number of likely N-dealkylation sites (N-methyl/N-ethyl adjacent to an activating group) is 1. The Morgan fingerprint density at radius 1 is 1.85 bits per heavy atom. The van der Waals surface area contributed by atoms with Gasteiger partial charge in [-0.1, -0.05) is 0 Å². The number of imidazole rings is 1. The van der Waals surface area contributed by atoms with Gasteiger partial charge >= 0.3 is 5.97 Å². The number of rotatable bonds is 4. The minimum Gasteiger partial charge on any atom is -0.480 e. The third kappa shape index (κ3) is 2.53. The first-order valence-electron chi connectivity index (χ1n) is 3.73. The van der Waals surface area contributed by atoms with Crippen LogP contribution in [0.2, 0.25) is 0 Å². The van der Waals surface area contributed by atoms with Crippen LogP contribution in [-0.4, -0.2) is 44.4 Å². The van der Waals surface area contributed by atoms with E-state index >= 15 is 0 Å². The Labute approximate surface area is 74.8 Å². The van der Waals surface area contributed by atoms with Gasteiger partial charge in [0.1, 0.15) is 6.04 Å². The number of carboxylic acid groups (broad SMARTS) is 1. The van der Waals surface area contributed by atoms with E-state index in [-0.39, 0.29) is 6.42 Å². The second-order valence-electron chi connectivity index (χ2n) is 2.71. The van der Waals surface area contributed by atoms with Gasteiger partial charge in [0.25, 0.3) is 0 Å². The van der Waals surface area contributed by atoms with Gasteiger partial charge in [0, 0.05) is 25.4 Å². The van der Waals surface area contributed by atoms with Crippen molar-refractivity contribution in [2.75, 3.05) is 7.05 Å². The molecular formula is C7H11N3O3. The summed E-state index contributed by atoms with van der Waals surface area (Å²) >= 11 is 0. The highest BCUT2D eigenvalue weighted by Crippen LogP contribution is 2.02. The molecule has 0 spiro atoms. The lowest BCUT2D eigenvalue weighted by Gasteiger charge is -2.16. The summed E-state index contributed by atoms with van der Waals surface area (Å²) in [6.07, 6.45) is 3.19. The van der Waals surface area contributed by atoms with Crippen LogP contribution in [0.3, 0.4) is 0 Å². The van der Waals surface area contributed by atoms with E-state index in [0.29, 0.717) is 10.8 Å². The van der Waals surface area contributed by atoms with Crippen LogP contribution < -0.4 is 0 Å². The molecule has 0 saturated carbocycles. The summed E-state index contributed by atoms with van der Waals surface area (Å²) in [6.45, 7) is 0. The highest BCUT2D eigenvalue weighted by atomic mass is 16.5. The average Bonchev–Trinajstić information content (AvgIpc) is 2.50. The van der Waals surface area contributed by atoms with Crippen LogP contribution in [-0.2, 0) is 11.2 Å². The quantitative estimate of drug-likeness (QED) is 0.561. The molecule has 0 aliphatic heterocycles. The number of hydrogen-bond acceptors (Lipinski definition) is 4. The second-order valence-corrected chi connectivity index (χ2v) is 2.71. The van der Waals surface area contributed by atoms with Crippen molar-refractivity contribution < 1.29 is 15.1 Å². The third-order valence-corrected chi connectivity index (χ3v) is 1.70. The van der Waals surface area contributed by atoms with Gasteiger partial charge in [-0.25, -0.2) is 4.98 Å². The van der Waals surface area contributed by atoms with Crippen LogP contribution in [0.1, 0.15) is 5.69 Å². The SMILES string of the molecule is CN(O)C(Cc1cnc[nH]1)C(=O)O. The summed E-state index contributed by atoms with van der Waals surface area (Å²) in [7, 11) is 1.30. The van der Waals surface area contributed by atoms with Crippen LogP contribution in [0.15, 0.2) is 12.5 Å². The predicted molar refractivity (Wildman–Crippen MR) is 43.3 cm³/mol. The van der Waals surface area contributed by atoms with Gasteiger partial charge < -0.3 is 15.3 Å². The first kappa shape index (κ1) is 9.69. The van der Waals surface area contributed by atoms with Gasteiger partial charge in [-0.05, 0) is 0 Å². The molecule has 0 bridgehead atoms. The lowest BCUT2D eigenvalue weighted by molar-refractivity contribution is -0.162. The summed E-state index contributed by atoms with van der Waals surface area (Å²) < 4.78 is 0. The van der Waals surface area contributed by atoms with E-state index in [0.717, 1.165) is 0 Å². The Hall–Kier alpha value is -1.40. The van der Waals surface area contributed by atoms with Gasteiger partial charge in [-0.15, -0.1) is 0 Å².